The Labute approximate surface area is 123 Å². The molecule has 20 heavy (non-hydrogen) atoms. The van der Waals surface area contributed by atoms with Crippen molar-refractivity contribution in [1.29, 1.82) is 0 Å². The van der Waals surface area contributed by atoms with Crippen LogP contribution in [0.5, 0.6) is 0 Å². The molecule has 106 valence electrons. The van der Waals surface area contributed by atoms with E-state index in [1.165, 1.54) is 0 Å². The molecule has 5 heteroatoms. The molecule has 2 aromatic rings. The van der Waals surface area contributed by atoms with Gasteiger partial charge in [-0.3, -0.25) is 4.79 Å². The van der Waals surface area contributed by atoms with Crippen molar-refractivity contribution in [3.8, 4) is 0 Å². The third kappa shape index (κ3) is 3.87. The van der Waals surface area contributed by atoms with Crippen molar-refractivity contribution < 1.29 is 4.79 Å². The molecular formula is C15H19N3OS. The van der Waals surface area contributed by atoms with Crippen molar-refractivity contribution in [2.45, 2.75) is 24.3 Å². The molecule has 0 aliphatic carbocycles. The van der Waals surface area contributed by atoms with Crippen LogP contribution in [-0.4, -0.2) is 22.0 Å². The zero-order chi connectivity index (χ0) is 14.4. The molecule has 0 unspecified atom stereocenters. The van der Waals surface area contributed by atoms with Gasteiger partial charge in [-0.1, -0.05) is 30.8 Å². The van der Waals surface area contributed by atoms with Crippen molar-refractivity contribution in [3.63, 3.8) is 0 Å². The molecular weight excluding hydrogens is 270 g/mol. The van der Waals surface area contributed by atoms with E-state index in [1.807, 2.05) is 49.0 Å². The van der Waals surface area contributed by atoms with Crippen molar-refractivity contribution >= 4 is 17.7 Å². The van der Waals surface area contributed by atoms with Crippen LogP contribution >= 0.6 is 11.8 Å². The Morgan fingerprint density at radius 3 is 3.00 bits per heavy atom. The number of thioether (sulfide) groups is 1. The standard InChI is InChI=1S/C15H19N3OS/c1-3-7-16-14(19)13-6-4-5-12(10-13)11-20-15-17-8-9-18(15)2/h4-6,8-10H,3,7,11H2,1-2H3,(H,16,19). The Bertz CT molecular complexity index is 580. The minimum absolute atomic E-state index is 0.00399. The van der Waals surface area contributed by atoms with Gasteiger partial charge in [0, 0.05) is 37.3 Å². The summed E-state index contributed by atoms with van der Waals surface area (Å²) in [5.74, 6) is 0.801. The molecule has 1 aromatic heterocycles. The van der Waals surface area contributed by atoms with E-state index in [1.54, 1.807) is 18.0 Å². The number of aryl methyl sites for hydroxylation is 1. The van der Waals surface area contributed by atoms with E-state index in [2.05, 4.69) is 10.3 Å². The van der Waals surface area contributed by atoms with Crippen LogP contribution in [0.3, 0.4) is 0 Å². The number of benzene rings is 1. The van der Waals surface area contributed by atoms with Gasteiger partial charge in [0.15, 0.2) is 5.16 Å². The van der Waals surface area contributed by atoms with Gasteiger partial charge in [-0.25, -0.2) is 4.98 Å². The molecule has 0 saturated carbocycles. The van der Waals surface area contributed by atoms with E-state index >= 15 is 0 Å². The largest absolute Gasteiger partial charge is 0.352 e. The summed E-state index contributed by atoms with van der Waals surface area (Å²) >= 11 is 1.67. The van der Waals surface area contributed by atoms with E-state index in [0.717, 1.165) is 28.5 Å². The van der Waals surface area contributed by atoms with Gasteiger partial charge in [-0.2, -0.15) is 0 Å². The Hall–Kier alpha value is -1.75. The minimum Gasteiger partial charge on any atom is -0.352 e. The molecule has 1 amide bonds. The average Bonchev–Trinajstić information content (AvgIpc) is 2.88. The molecule has 0 aliphatic rings. The molecule has 1 aromatic carbocycles. The predicted octanol–water partition coefficient (Wildman–Crippen LogP) is 2.85. The SMILES string of the molecule is CCCNC(=O)c1cccc(CSc2nccn2C)c1. The number of carbonyl (C=O) groups excluding carboxylic acids is 1. The van der Waals surface area contributed by atoms with E-state index < -0.39 is 0 Å². The number of nitrogens with zero attached hydrogens (tertiary/aromatic N) is 2. The summed E-state index contributed by atoms with van der Waals surface area (Å²) in [6, 6.07) is 7.75. The Morgan fingerprint density at radius 1 is 1.45 bits per heavy atom. The number of aromatic nitrogens is 2. The van der Waals surface area contributed by atoms with Gasteiger partial charge in [0.1, 0.15) is 0 Å². The number of rotatable bonds is 6. The second kappa shape index (κ2) is 7.14. The van der Waals surface area contributed by atoms with Gasteiger partial charge in [0.05, 0.1) is 0 Å². The summed E-state index contributed by atoms with van der Waals surface area (Å²) in [5, 5.41) is 3.87. The van der Waals surface area contributed by atoms with E-state index in [-0.39, 0.29) is 5.91 Å². The predicted molar refractivity (Wildman–Crippen MR) is 81.8 cm³/mol. The topological polar surface area (TPSA) is 46.9 Å². The Balaban J connectivity index is 1.99. The maximum absolute atomic E-state index is 11.9. The van der Waals surface area contributed by atoms with Crippen LogP contribution in [-0.2, 0) is 12.8 Å². The first-order valence-corrected chi connectivity index (χ1v) is 7.66. The fraction of sp³-hybridized carbons (Fsp3) is 0.333. The van der Waals surface area contributed by atoms with Crippen LogP contribution in [0.1, 0.15) is 29.3 Å². The molecule has 0 bridgehead atoms. The quantitative estimate of drug-likeness (QED) is 0.832. The smallest absolute Gasteiger partial charge is 0.251 e. The van der Waals surface area contributed by atoms with Crippen LogP contribution in [0.2, 0.25) is 0 Å². The first-order chi connectivity index (χ1) is 9.70. The highest BCUT2D eigenvalue weighted by Gasteiger charge is 2.06. The normalized spacial score (nSPS) is 10.5. The zero-order valence-electron chi connectivity index (χ0n) is 11.8. The molecule has 4 nitrogen and oxygen atoms in total. The fourth-order valence-electron chi connectivity index (χ4n) is 1.78. The van der Waals surface area contributed by atoms with Crippen LogP contribution in [0, 0.1) is 0 Å². The third-order valence-electron chi connectivity index (χ3n) is 2.87. The lowest BCUT2D eigenvalue weighted by atomic mass is 10.1. The maximum Gasteiger partial charge on any atom is 0.251 e. The van der Waals surface area contributed by atoms with Gasteiger partial charge in [0.2, 0.25) is 0 Å². The Kier molecular flexibility index (Phi) is 5.24. The third-order valence-corrected chi connectivity index (χ3v) is 4.00. The van der Waals surface area contributed by atoms with Crippen LogP contribution in [0.15, 0.2) is 41.8 Å². The minimum atomic E-state index is -0.00399. The Morgan fingerprint density at radius 2 is 2.30 bits per heavy atom. The zero-order valence-corrected chi connectivity index (χ0v) is 12.6. The van der Waals surface area contributed by atoms with Crippen LogP contribution < -0.4 is 5.32 Å². The summed E-state index contributed by atoms with van der Waals surface area (Å²) < 4.78 is 1.99. The second-order valence-corrected chi connectivity index (χ2v) is 5.51. The molecule has 0 spiro atoms. The molecule has 0 saturated heterocycles. The van der Waals surface area contributed by atoms with Crippen molar-refractivity contribution in [2.24, 2.45) is 7.05 Å². The van der Waals surface area contributed by atoms with E-state index in [9.17, 15) is 4.79 Å². The summed E-state index contributed by atoms with van der Waals surface area (Å²) in [6.45, 7) is 2.76. The summed E-state index contributed by atoms with van der Waals surface area (Å²) in [5.41, 5.74) is 1.85. The highest BCUT2D eigenvalue weighted by molar-refractivity contribution is 7.98. The molecule has 0 fully saturated rings. The van der Waals surface area contributed by atoms with Crippen LogP contribution in [0.4, 0.5) is 0 Å². The highest BCUT2D eigenvalue weighted by Crippen LogP contribution is 2.20. The molecule has 1 N–H and O–H groups in total. The fourth-order valence-corrected chi connectivity index (χ4v) is 2.66. The lowest BCUT2D eigenvalue weighted by molar-refractivity contribution is 0.0953. The molecule has 2 rings (SSSR count). The molecule has 0 aliphatic heterocycles. The highest BCUT2D eigenvalue weighted by atomic mass is 32.2. The summed E-state index contributed by atoms with van der Waals surface area (Å²) in [6.07, 6.45) is 4.66. The molecule has 1 heterocycles. The number of imidazole rings is 1. The van der Waals surface area contributed by atoms with E-state index in [0.29, 0.717) is 6.54 Å². The van der Waals surface area contributed by atoms with Gasteiger partial charge in [-0.05, 0) is 24.1 Å². The van der Waals surface area contributed by atoms with Crippen molar-refractivity contribution in [1.82, 2.24) is 14.9 Å². The molecule has 0 radical (unpaired) electrons. The molecule has 0 atom stereocenters. The number of nitrogens with one attached hydrogen (secondary N) is 1. The second-order valence-electron chi connectivity index (χ2n) is 4.57. The van der Waals surface area contributed by atoms with Crippen LogP contribution in [0.25, 0.3) is 0 Å². The monoisotopic (exact) mass is 289 g/mol. The summed E-state index contributed by atoms with van der Waals surface area (Å²) in [4.78, 5) is 16.2. The lowest BCUT2D eigenvalue weighted by Gasteiger charge is -2.06. The van der Waals surface area contributed by atoms with Gasteiger partial charge in [-0.15, -0.1) is 0 Å². The van der Waals surface area contributed by atoms with Crippen molar-refractivity contribution in [3.05, 3.63) is 47.8 Å². The number of carbonyl (C=O) groups is 1. The lowest BCUT2D eigenvalue weighted by Crippen LogP contribution is -2.23. The number of hydrogen-bond donors (Lipinski definition) is 1. The average molecular weight is 289 g/mol. The van der Waals surface area contributed by atoms with E-state index in [4.69, 9.17) is 0 Å². The summed E-state index contributed by atoms with van der Waals surface area (Å²) in [7, 11) is 1.98. The van der Waals surface area contributed by atoms with Gasteiger partial charge in [0.25, 0.3) is 5.91 Å². The number of hydrogen-bond acceptors (Lipinski definition) is 3. The maximum atomic E-state index is 11.9. The first kappa shape index (κ1) is 14.7. The van der Waals surface area contributed by atoms with Gasteiger partial charge >= 0.3 is 0 Å². The van der Waals surface area contributed by atoms with Crippen molar-refractivity contribution in [2.75, 3.05) is 6.54 Å². The van der Waals surface area contributed by atoms with Gasteiger partial charge < -0.3 is 9.88 Å². The first-order valence-electron chi connectivity index (χ1n) is 6.68. The number of amides is 1.